The fourth-order valence-corrected chi connectivity index (χ4v) is 2.06. The monoisotopic (exact) mass is 247 g/mol. The minimum absolute atomic E-state index is 0.0269. The van der Waals surface area contributed by atoms with Gasteiger partial charge >= 0.3 is 0 Å². The second kappa shape index (κ2) is 4.59. The molecule has 98 valence electrons. The molecule has 1 heterocycles. The van der Waals surface area contributed by atoms with Crippen LogP contribution in [-0.4, -0.2) is 16.4 Å². The van der Waals surface area contributed by atoms with Gasteiger partial charge in [0, 0.05) is 5.69 Å². The molecule has 0 amide bonds. The van der Waals surface area contributed by atoms with Gasteiger partial charge in [0.15, 0.2) is 0 Å². The van der Waals surface area contributed by atoms with E-state index in [4.69, 9.17) is 15.9 Å². The molecular weight excluding hydrogens is 226 g/mol. The first kappa shape index (κ1) is 12.9. The molecule has 0 aromatic carbocycles. The van der Waals surface area contributed by atoms with E-state index in [0.717, 1.165) is 31.4 Å². The summed E-state index contributed by atoms with van der Waals surface area (Å²) in [6.45, 7) is 6.11. The topological polar surface area (TPSA) is 72.0 Å². The molecule has 0 radical (unpaired) electrons. The zero-order valence-electron chi connectivity index (χ0n) is 11.3. The largest absolute Gasteiger partial charge is 0.471 e. The summed E-state index contributed by atoms with van der Waals surface area (Å²) >= 11 is 0. The number of nitrogen functional groups attached to an aromatic ring is 1. The predicted molar refractivity (Wildman–Crippen MR) is 72.3 cm³/mol. The fraction of sp³-hybridized carbons (Fsp3) is 0.571. The molecule has 0 atom stereocenters. The number of amidine groups is 1. The molecule has 0 spiro atoms. The van der Waals surface area contributed by atoms with Gasteiger partial charge in [-0.1, -0.05) is 6.92 Å². The van der Waals surface area contributed by atoms with E-state index in [1.807, 2.05) is 19.9 Å². The molecule has 4 heteroatoms. The number of nitrogens with zero attached hydrogens (tertiary/aromatic N) is 1. The van der Waals surface area contributed by atoms with Crippen molar-refractivity contribution in [3.63, 3.8) is 0 Å². The lowest BCUT2D eigenvalue weighted by molar-refractivity contribution is 0.0985. The Morgan fingerprint density at radius 1 is 1.50 bits per heavy atom. The first-order valence-corrected chi connectivity index (χ1v) is 6.49. The van der Waals surface area contributed by atoms with E-state index in [0.29, 0.717) is 11.4 Å². The summed E-state index contributed by atoms with van der Waals surface area (Å²) in [5, 5.41) is 7.66. The van der Waals surface area contributed by atoms with Crippen molar-refractivity contribution in [1.82, 2.24) is 4.98 Å². The number of aromatic nitrogens is 1. The van der Waals surface area contributed by atoms with E-state index in [9.17, 15) is 0 Å². The fourth-order valence-electron chi connectivity index (χ4n) is 2.06. The molecule has 0 unspecified atom stereocenters. The molecule has 0 fully saturated rings. The van der Waals surface area contributed by atoms with Crippen LogP contribution < -0.4 is 10.5 Å². The quantitative estimate of drug-likeness (QED) is 0.634. The maximum absolute atomic E-state index is 7.66. The third-order valence-electron chi connectivity index (χ3n) is 3.53. The summed E-state index contributed by atoms with van der Waals surface area (Å²) in [6, 6.07) is 1.97. The van der Waals surface area contributed by atoms with Gasteiger partial charge in [0.05, 0.1) is 5.56 Å². The van der Waals surface area contributed by atoms with Crippen LogP contribution in [0.4, 0.5) is 0 Å². The third kappa shape index (κ3) is 2.47. The highest BCUT2D eigenvalue weighted by molar-refractivity contribution is 5.97. The van der Waals surface area contributed by atoms with Crippen molar-refractivity contribution in [3.05, 3.63) is 22.9 Å². The number of nitrogens with one attached hydrogen (secondary N) is 1. The van der Waals surface area contributed by atoms with Crippen molar-refractivity contribution >= 4 is 5.84 Å². The Labute approximate surface area is 108 Å². The average Bonchev–Trinajstić information content (AvgIpc) is 2.74. The maximum Gasteiger partial charge on any atom is 0.225 e. The zero-order valence-corrected chi connectivity index (χ0v) is 11.3. The summed E-state index contributed by atoms with van der Waals surface area (Å²) in [6.07, 6.45) is 4.03. The lowest BCUT2D eigenvalue weighted by Gasteiger charge is -2.25. The number of hydrogen-bond acceptors (Lipinski definition) is 3. The van der Waals surface area contributed by atoms with E-state index in [1.54, 1.807) is 0 Å². The smallest absolute Gasteiger partial charge is 0.225 e. The number of aryl methyl sites for hydroxylation is 2. The number of fused-ring (bicyclic) bond motifs is 1. The van der Waals surface area contributed by atoms with Crippen molar-refractivity contribution in [2.45, 2.75) is 52.1 Å². The SMILES string of the molecule is CCC(C)(C)Oc1nc2c(cc1C(=N)N)CCC2. The molecule has 2 rings (SSSR count). The molecule has 0 saturated heterocycles. The highest BCUT2D eigenvalue weighted by Crippen LogP contribution is 2.29. The van der Waals surface area contributed by atoms with E-state index >= 15 is 0 Å². The van der Waals surface area contributed by atoms with Crippen LogP contribution in [0.3, 0.4) is 0 Å². The van der Waals surface area contributed by atoms with Gasteiger partial charge in [-0.05, 0) is 51.2 Å². The molecule has 0 saturated carbocycles. The molecule has 1 aromatic heterocycles. The Bertz CT molecular complexity index is 480. The van der Waals surface area contributed by atoms with Crippen molar-refractivity contribution in [3.8, 4) is 5.88 Å². The number of pyridine rings is 1. The van der Waals surface area contributed by atoms with Crippen LogP contribution >= 0.6 is 0 Å². The Balaban J connectivity index is 2.42. The van der Waals surface area contributed by atoms with Gasteiger partial charge in [-0.3, -0.25) is 5.41 Å². The standard InChI is InChI=1S/C14H21N3O/c1-4-14(2,3)18-13-10(12(15)16)8-9-6-5-7-11(9)17-13/h8H,4-7H2,1-3H3,(H3,15,16). The third-order valence-corrected chi connectivity index (χ3v) is 3.53. The van der Waals surface area contributed by atoms with Crippen molar-refractivity contribution in [2.75, 3.05) is 0 Å². The van der Waals surface area contributed by atoms with Crippen LogP contribution in [0.15, 0.2) is 6.07 Å². The number of nitrogens with two attached hydrogens (primary N) is 1. The molecule has 1 aliphatic carbocycles. The van der Waals surface area contributed by atoms with E-state index in [1.165, 1.54) is 5.56 Å². The summed E-state index contributed by atoms with van der Waals surface area (Å²) in [4.78, 5) is 4.56. The molecule has 1 aromatic rings. The summed E-state index contributed by atoms with van der Waals surface area (Å²) in [5.41, 5.74) is 8.28. The Hall–Kier alpha value is -1.58. The number of ether oxygens (including phenoxy) is 1. The van der Waals surface area contributed by atoms with Crippen LogP contribution in [-0.2, 0) is 12.8 Å². The van der Waals surface area contributed by atoms with Crippen LogP contribution in [0.1, 0.15) is 50.4 Å². The van der Waals surface area contributed by atoms with Crippen molar-refractivity contribution in [2.24, 2.45) is 5.73 Å². The van der Waals surface area contributed by atoms with Crippen LogP contribution in [0.2, 0.25) is 0 Å². The maximum atomic E-state index is 7.66. The first-order valence-electron chi connectivity index (χ1n) is 6.49. The molecule has 3 N–H and O–H groups in total. The minimum Gasteiger partial charge on any atom is -0.471 e. The van der Waals surface area contributed by atoms with Gasteiger partial charge < -0.3 is 10.5 Å². The van der Waals surface area contributed by atoms with Crippen LogP contribution in [0.25, 0.3) is 0 Å². The first-order chi connectivity index (χ1) is 8.43. The van der Waals surface area contributed by atoms with Crippen LogP contribution in [0.5, 0.6) is 5.88 Å². The van der Waals surface area contributed by atoms with E-state index in [2.05, 4.69) is 11.9 Å². The van der Waals surface area contributed by atoms with Gasteiger partial charge in [0.2, 0.25) is 5.88 Å². The zero-order chi connectivity index (χ0) is 13.3. The predicted octanol–water partition coefficient (Wildman–Crippen LogP) is 2.42. The summed E-state index contributed by atoms with van der Waals surface area (Å²) < 4.78 is 5.94. The van der Waals surface area contributed by atoms with E-state index in [-0.39, 0.29) is 11.4 Å². The molecule has 0 bridgehead atoms. The highest BCUT2D eigenvalue weighted by atomic mass is 16.5. The van der Waals surface area contributed by atoms with Gasteiger partial charge in [-0.25, -0.2) is 4.98 Å². The number of rotatable bonds is 4. The van der Waals surface area contributed by atoms with Crippen molar-refractivity contribution < 1.29 is 4.74 Å². The second-order valence-corrected chi connectivity index (χ2v) is 5.43. The van der Waals surface area contributed by atoms with Crippen molar-refractivity contribution in [1.29, 1.82) is 5.41 Å². The molecule has 18 heavy (non-hydrogen) atoms. The molecular formula is C14H21N3O. The average molecular weight is 247 g/mol. The minimum atomic E-state index is -0.288. The summed E-state index contributed by atoms with van der Waals surface area (Å²) in [5.74, 6) is 0.536. The number of hydrogen-bond donors (Lipinski definition) is 2. The van der Waals surface area contributed by atoms with Gasteiger partial charge in [0.25, 0.3) is 0 Å². The molecule has 0 aliphatic heterocycles. The molecule has 1 aliphatic rings. The Morgan fingerprint density at radius 3 is 2.83 bits per heavy atom. The highest BCUT2D eigenvalue weighted by Gasteiger charge is 2.23. The van der Waals surface area contributed by atoms with E-state index < -0.39 is 0 Å². The normalized spacial score (nSPS) is 14.4. The lowest BCUT2D eigenvalue weighted by atomic mass is 10.1. The Kier molecular flexibility index (Phi) is 3.28. The molecule has 4 nitrogen and oxygen atoms in total. The van der Waals surface area contributed by atoms with Gasteiger partial charge in [-0.2, -0.15) is 0 Å². The lowest BCUT2D eigenvalue weighted by Crippen LogP contribution is -2.29. The van der Waals surface area contributed by atoms with Crippen LogP contribution in [0, 0.1) is 5.41 Å². The van der Waals surface area contributed by atoms with Gasteiger partial charge in [0.1, 0.15) is 11.4 Å². The Morgan fingerprint density at radius 2 is 2.22 bits per heavy atom. The van der Waals surface area contributed by atoms with Gasteiger partial charge in [-0.15, -0.1) is 0 Å². The second-order valence-electron chi connectivity index (χ2n) is 5.43. The summed E-state index contributed by atoms with van der Waals surface area (Å²) in [7, 11) is 0.